The van der Waals surface area contributed by atoms with Gasteiger partial charge in [-0.3, -0.25) is 0 Å². The Bertz CT molecular complexity index is 498. The van der Waals surface area contributed by atoms with Crippen LogP contribution < -0.4 is 4.90 Å². The number of hydrogen-bond acceptors (Lipinski definition) is 5. The van der Waals surface area contributed by atoms with E-state index in [0.717, 1.165) is 10.2 Å². The molecule has 0 saturated heterocycles. The minimum Gasteiger partial charge on any atom is -0.395 e. The van der Waals surface area contributed by atoms with Crippen molar-refractivity contribution in [2.24, 2.45) is 0 Å². The van der Waals surface area contributed by atoms with Gasteiger partial charge in [-0.1, -0.05) is 21.1 Å². The van der Waals surface area contributed by atoms with Gasteiger partial charge in [0.2, 0.25) is 5.89 Å². The van der Waals surface area contributed by atoms with E-state index in [-0.39, 0.29) is 6.61 Å². The maximum absolute atomic E-state index is 9.12. The van der Waals surface area contributed by atoms with Crippen LogP contribution in [0.3, 0.4) is 0 Å². The van der Waals surface area contributed by atoms with Gasteiger partial charge in [0, 0.05) is 23.6 Å². The van der Waals surface area contributed by atoms with Crippen LogP contribution in [0.15, 0.2) is 33.3 Å². The predicted octanol–water partition coefficient (Wildman–Crippen LogP) is 2.14. The van der Waals surface area contributed by atoms with Gasteiger partial charge in [-0.2, -0.15) is 4.98 Å². The van der Waals surface area contributed by atoms with Crippen LogP contribution in [0.1, 0.15) is 11.7 Å². The van der Waals surface area contributed by atoms with Crippen LogP contribution >= 0.6 is 15.9 Å². The number of aryl methyl sites for hydroxylation is 1. The summed E-state index contributed by atoms with van der Waals surface area (Å²) in [5, 5.41) is 13.0. The molecular weight excluding hydrogens is 298 g/mol. The fraction of sp³-hybridized carbons (Fsp3) is 0.333. The highest BCUT2D eigenvalue weighted by Crippen LogP contribution is 2.19. The number of anilines is 1. The average molecular weight is 312 g/mol. The first-order valence-electron chi connectivity index (χ1n) is 5.59. The topological polar surface area (TPSA) is 62.4 Å². The lowest BCUT2D eigenvalue weighted by molar-refractivity contribution is 0.300. The number of nitrogens with zero attached hydrogens (tertiary/aromatic N) is 3. The van der Waals surface area contributed by atoms with Gasteiger partial charge in [0.05, 0.1) is 13.2 Å². The van der Waals surface area contributed by atoms with Crippen molar-refractivity contribution in [3.8, 4) is 0 Å². The molecule has 0 aliphatic heterocycles. The minimum absolute atomic E-state index is 0.0763. The Morgan fingerprint density at radius 2 is 2.06 bits per heavy atom. The molecule has 0 saturated carbocycles. The van der Waals surface area contributed by atoms with Crippen molar-refractivity contribution in [2.45, 2.75) is 13.5 Å². The Kier molecular flexibility index (Phi) is 4.33. The highest BCUT2D eigenvalue weighted by Gasteiger charge is 2.10. The molecule has 0 aliphatic carbocycles. The van der Waals surface area contributed by atoms with Crippen LogP contribution in [-0.2, 0) is 6.54 Å². The van der Waals surface area contributed by atoms with Gasteiger partial charge in [-0.15, -0.1) is 0 Å². The molecule has 0 aliphatic rings. The molecule has 1 aromatic heterocycles. The molecule has 0 spiro atoms. The first kappa shape index (κ1) is 13.0. The molecule has 0 atom stereocenters. The molecular formula is C12H14BrN3O2. The molecule has 6 heteroatoms. The lowest BCUT2D eigenvalue weighted by Gasteiger charge is -2.22. The van der Waals surface area contributed by atoms with Crippen molar-refractivity contribution in [2.75, 3.05) is 18.1 Å². The van der Waals surface area contributed by atoms with Crippen LogP contribution in [0.2, 0.25) is 0 Å². The highest BCUT2D eigenvalue weighted by molar-refractivity contribution is 9.10. The number of benzene rings is 1. The third kappa shape index (κ3) is 3.30. The third-order valence-electron chi connectivity index (χ3n) is 2.46. The summed E-state index contributed by atoms with van der Waals surface area (Å²) in [7, 11) is 0. The van der Waals surface area contributed by atoms with Crippen LogP contribution in [0, 0.1) is 6.92 Å². The Balaban J connectivity index is 2.14. The Morgan fingerprint density at radius 1 is 1.33 bits per heavy atom. The second-order valence-electron chi connectivity index (χ2n) is 3.85. The summed E-state index contributed by atoms with van der Waals surface area (Å²) in [6, 6.07) is 7.88. The van der Waals surface area contributed by atoms with E-state index >= 15 is 0 Å². The summed E-state index contributed by atoms with van der Waals surface area (Å²) in [4.78, 5) is 6.16. The Morgan fingerprint density at radius 3 is 2.61 bits per heavy atom. The summed E-state index contributed by atoms with van der Waals surface area (Å²) in [6.45, 7) is 2.87. The summed E-state index contributed by atoms with van der Waals surface area (Å²) in [5.74, 6) is 1.16. The van der Waals surface area contributed by atoms with E-state index < -0.39 is 0 Å². The second kappa shape index (κ2) is 5.97. The summed E-state index contributed by atoms with van der Waals surface area (Å²) >= 11 is 3.40. The predicted molar refractivity (Wildman–Crippen MR) is 71.3 cm³/mol. The van der Waals surface area contributed by atoms with E-state index in [1.807, 2.05) is 29.2 Å². The summed E-state index contributed by atoms with van der Waals surface area (Å²) in [6.07, 6.45) is 0. The zero-order valence-corrected chi connectivity index (χ0v) is 11.6. The van der Waals surface area contributed by atoms with Crippen molar-refractivity contribution >= 4 is 21.6 Å². The molecule has 0 fully saturated rings. The first-order valence-corrected chi connectivity index (χ1v) is 6.39. The van der Waals surface area contributed by atoms with E-state index in [4.69, 9.17) is 9.63 Å². The molecule has 0 unspecified atom stereocenters. The second-order valence-corrected chi connectivity index (χ2v) is 4.77. The maximum atomic E-state index is 9.12. The monoisotopic (exact) mass is 311 g/mol. The molecule has 1 N–H and O–H groups in total. The minimum atomic E-state index is 0.0763. The normalized spacial score (nSPS) is 10.6. The van der Waals surface area contributed by atoms with Crippen molar-refractivity contribution < 1.29 is 9.63 Å². The molecule has 2 rings (SSSR count). The molecule has 0 amide bonds. The van der Waals surface area contributed by atoms with E-state index in [1.165, 1.54) is 0 Å². The van der Waals surface area contributed by atoms with Crippen LogP contribution in [0.25, 0.3) is 0 Å². The van der Waals surface area contributed by atoms with Crippen molar-refractivity contribution in [3.63, 3.8) is 0 Å². The number of aromatic nitrogens is 2. The number of halogens is 1. The number of aliphatic hydroxyl groups excluding tert-OH is 1. The van der Waals surface area contributed by atoms with Crippen LogP contribution in [0.4, 0.5) is 5.69 Å². The van der Waals surface area contributed by atoms with Gasteiger partial charge < -0.3 is 14.5 Å². The fourth-order valence-electron chi connectivity index (χ4n) is 1.65. The van der Waals surface area contributed by atoms with E-state index in [9.17, 15) is 0 Å². The maximum Gasteiger partial charge on any atom is 0.223 e. The highest BCUT2D eigenvalue weighted by atomic mass is 79.9. The molecule has 5 nitrogen and oxygen atoms in total. The van der Waals surface area contributed by atoms with E-state index in [0.29, 0.717) is 24.8 Å². The standard InChI is InChI=1S/C12H14BrN3O2/c1-9-14-12(15-18-9)8-16(6-7-17)11-4-2-10(13)3-5-11/h2-5,17H,6-8H2,1H3. The van der Waals surface area contributed by atoms with E-state index in [2.05, 4.69) is 26.1 Å². The summed E-state index contributed by atoms with van der Waals surface area (Å²) in [5.41, 5.74) is 1.01. The van der Waals surface area contributed by atoms with Gasteiger partial charge >= 0.3 is 0 Å². The quantitative estimate of drug-likeness (QED) is 0.916. The van der Waals surface area contributed by atoms with Gasteiger partial charge in [0.1, 0.15) is 0 Å². The van der Waals surface area contributed by atoms with Crippen LogP contribution in [0.5, 0.6) is 0 Å². The molecule has 0 bridgehead atoms. The first-order chi connectivity index (χ1) is 8.69. The average Bonchev–Trinajstić information content (AvgIpc) is 2.75. The van der Waals surface area contributed by atoms with E-state index in [1.54, 1.807) is 6.92 Å². The Hall–Kier alpha value is -1.40. The SMILES string of the molecule is Cc1nc(CN(CCO)c2ccc(Br)cc2)no1. The number of hydrogen-bond donors (Lipinski definition) is 1. The largest absolute Gasteiger partial charge is 0.395 e. The molecule has 2 aromatic rings. The van der Waals surface area contributed by atoms with Gasteiger partial charge in [0.25, 0.3) is 0 Å². The lowest BCUT2D eigenvalue weighted by Crippen LogP contribution is -2.26. The van der Waals surface area contributed by atoms with Gasteiger partial charge in [0.15, 0.2) is 5.82 Å². The van der Waals surface area contributed by atoms with Gasteiger partial charge in [-0.25, -0.2) is 0 Å². The molecule has 1 heterocycles. The van der Waals surface area contributed by atoms with Crippen molar-refractivity contribution in [1.82, 2.24) is 10.1 Å². The molecule has 18 heavy (non-hydrogen) atoms. The third-order valence-corrected chi connectivity index (χ3v) is 2.99. The van der Waals surface area contributed by atoms with Gasteiger partial charge in [-0.05, 0) is 24.3 Å². The van der Waals surface area contributed by atoms with Crippen molar-refractivity contribution in [3.05, 3.63) is 40.5 Å². The zero-order chi connectivity index (χ0) is 13.0. The summed E-state index contributed by atoms with van der Waals surface area (Å²) < 4.78 is 5.96. The smallest absolute Gasteiger partial charge is 0.223 e. The fourth-order valence-corrected chi connectivity index (χ4v) is 1.91. The molecule has 0 radical (unpaired) electrons. The molecule has 1 aromatic carbocycles. The number of rotatable bonds is 5. The molecule has 96 valence electrons. The number of aliphatic hydroxyl groups is 1. The lowest BCUT2D eigenvalue weighted by atomic mass is 10.3. The Labute approximate surface area is 114 Å². The van der Waals surface area contributed by atoms with Crippen molar-refractivity contribution in [1.29, 1.82) is 0 Å². The van der Waals surface area contributed by atoms with Crippen LogP contribution in [-0.4, -0.2) is 28.4 Å². The zero-order valence-electron chi connectivity index (χ0n) is 10.0.